The standard InChI is InChI=1S/C16H28O2/c1-5-11-17-13(3)15-7-9-16(10-8-15)14(4)18-12-6-2/h5-6,11-16H,7-10H2,1-4H3. The smallest absolute Gasteiger partial charge is 0.0978 e. The molecule has 104 valence electrons. The molecule has 2 unspecified atom stereocenters. The molecule has 0 aromatic heterocycles. The zero-order valence-electron chi connectivity index (χ0n) is 12.3. The largest absolute Gasteiger partial charge is 0.498 e. The zero-order chi connectivity index (χ0) is 13.4. The van der Waals surface area contributed by atoms with Gasteiger partial charge in [-0.1, -0.05) is 12.2 Å². The van der Waals surface area contributed by atoms with E-state index in [4.69, 9.17) is 9.47 Å². The summed E-state index contributed by atoms with van der Waals surface area (Å²) < 4.78 is 11.3. The van der Waals surface area contributed by atoms with Gasteiger partial charge >= 0.3 is 0 Å². The second-order valence-corrected chi connectivity index (χ2v) is 5.30. The van der Waals surface area contributed by atoms with Gasteiger partial charge < -0.3 is 9.47 Å². The van der Waals surface area contributed by atoms with Crippen molar-refractivity contribution in [1.29, 1.82) is 0 Å². The van der Waals surface area contributed by atoms with E-state index >= 15 is 0 Å². The van der Waals surface area contributed by atoms with E-state index < -0.39 is 0 Å². The summed E-state index contributed by atoms with van der Waals surface area (Å²) in [6.07, 6.45) is 13.2. The molecule has 0 aromatic rings. The van der Waals surface area contributed by atoms with Crippen LogP contribution in [0.2, 0.25) is 0 Å². The van der Waals surface area contributed by atoms with Gasteiger partial charge in [-0.2, -0.15) is 0 Å². The van der Waals surface area contributed by atoms with Crippen LogP contribution in [0.1, 0.15) is 53.4 Å². The molecule has 0 radical (unpaired) electrons. The number of ether oxygens (including phenoxy) is 2. The first-order valence-corrected chi connectivity index (χ1v) is 7.22. The minimum Gasteiger partial charge on any atom is -0.498 e. The van der Waals surface area contributed by atoms with Gasteiger partial charge in [0.2, 0.25) is 0 Å². The highest BCUT2D eigenvalue weighted by Gasteiger charge is 2.28. The molecule has 1 rings (SSSR count). The maximum atomic E-state index is 5.67. The van der Waals surface area contributed by atoms with Gasteiger partial charge in [-0.05, 0) is 65.2 Å². The Labute approximate surface area is 112 Å². The normalized spacial score (nSPS) is 28.4. The third kappa shape index (κ3) is 4.75. The Morgan fingerprint density at radius 3 is 1.39 bits per heavy atom. The first-order chi connectivity index (χ1) is 8.69. The van der Waals surface area contributed by atoms with Crippen molar-refractivity contribution in [3.05, 3.63) is 24.7 Å². The van der Waals surface area contributed by atoms with Crippen LogP contribution in [0.15, 0.2) is 24.7 Å². The lowest BCUT2D eigenvalue weighted by atomic mass is 9.78. The van der Waals surface area contributed by atoms with Crippen LogP contribution < -0.4 is 0 Å². The van der Waals surface area contributed by atoms with Crippen LogP contribution in [0.4, 0.5) is 0 Å². The highest BCUT2D eigenvalue weighted by Crippen LogP contribution is 2.34. The molecule has 0 N–H and O–H groups in total. The van der Waals surface area contributed by atoms with Gasteiger partial charge in [0.1, 0.15) is 0 Å². The van der Waals surface area contributed by atoms with Gasteiger partial charge in [0, 0.05) is 0 Å². The van der Waals surface area contributed by atoms with E-state index in [9.17, 15) is 0 Å². The first kappa shape index (κ1) is 15.1. The van der Waals surface area contributed by atoms with Crippen LogP contribution >= 0.6 is 0 Å². The molecule has 2 atom stereocenters. The van der Waals surface area contributed by atoms with Crippen molar-refractivity contribution in [2.75, 3.05) is 0 Å². The molecule has 0 aliphatic heterocycles. The predicted octanol–water partition coefficient (Wildman–Crippen LogP) is 4.67. The summed E-state index contributed by atoms with van der Waals surface area (Å²) in [4.78, 5) is 0. The Bertz CT molecular complexity index is 234. The fourth-order valence-electron chi connectivity index (χ4n) is 2.71. The van der Waals surface area contributed by atoms with E-state index in [1.165, 1.54) is 25.7 Å². The molecule has 1 aliphatic rings. The number of hydrogen-bond donors (Lipinski definition) is 0. The molecule has 0 spiro atoms. The third-order valence-electron chi connectivity index (χ3n) is 4.00. The minimum atomic E-state index is 0.342. The Balaban J connectivity index is 2.31. The molecule has 0 aromatic carbocycles. The lowest BCUT2D eigenvalue weighted by Crippen LogP contribution is -2.29. The van der Waals surface area contributed by atoms with E-state index in [0.29, 0.717) is 24.0 Å². The summed E-state index contributed by atoms with van der Waals surface area (Å²) in [5.41, 5.74) is 0. The van der Waals surface area contributed by atoms with Gasteiger partial charge in [0.15, 0.2) is 0 Å². The average Bonchev–Trinajstić information content (AvgIpc) is 2.42. The summed E-state index contributed by atoms with van der Waals surface area (Å²) in [6.45, 7) is 8.35. The van der Waals surface area contributed by atoms with Gasteiger partial charge in [-0.15, -0.1) is 0 Å². The zero-order valence-corrected chi connectivity index (χ0v) is 12.3. The van der Waals surface area contributed by atoms with Crippen LogP contribution in [-0.4, -0.2) is 12.2 Å². The minimum absolute atomic E-state index is 0.342. The molecule has 2 heteroatoms. The summed E-state index contributed by atoms with van der Waals surface area (Å²) in [5, 5.41) is 0. The Morgan fingerprint density at radius 2 is 1.11 bits per heavy atom. The second kappa shape index (κ2) is 8.23. The Hall–Kier alpha value is -0.920. The summed E-state index contributed by atoms with van der Waals surface area (Å²) in [7, 11) is 0. The van der Waals surface area contributed by atoms with Crippen molar-refractivity contribution in [2.24, 2.45) is 11.8 Å². The van der Waals surface area contributed by atoms with Crippen molar-refractivity contribution in [3.8, 4) is 0 Å². The van der Waals surface area contributed by atoms with Crippen LogP contribution in [0, 0.1) is 11.8 Å². The fourth-order valence-corrected chi connectivity index (χ4v) is 2.71. The van der Waals surface area contributed by atoms with Crippen LogP contribution in [-0.2, 0) is 9.47 Å². The van der Waals surface area contributed by atoms with Crippen LogP contribution in [0.25, 0.3) is 0 Å². The molecule has 0 saturated heterocycles. The van der Waals surface area contributed by atoms with E-state index in [-0.39, 0.29) is 0 Å². The van der Waals surface area contributed by atoms with Crippen molar-refractivity contribution >= 4 is 0 Å². The van der Waals surface area contributed by atoms with Gasteiger partial charge in [-0.3, -0.25) is 0 Å². The van der Waals surface area contributed by atoms with E-state index in [0.717, 1.165) is 0 Å². The lowest BCUT2D eigenvalue weighted by molar-refractivity contribution is 0.0338. The Morgan fingerprint density at radius 1 is 0.778 bits per heavy atom. The summed E-state index contributed by atoms with van der Waals surface area (Å²) in [5.74, 6) is 1.40. The van der Waals surface area contributed by atoms with Gasteiger partial charge in [0.05, 0.1) is 24.7 Å². The van der Waals surface area contributed by atoms with Crippen molar-refractivity contribution in [3.63, 3.8) is 0 Å². The monoisotopic (exact) mass is 252 g/mol. The highest BCUT2D eigenvalue weighted by atomic mass is 16.5. The molecule has 1 saturated carbocycles. The molecular formula is C16H28O2. The molecule has 0 heterocycles. The van der Waals surface area contributed by atoms with Crippen LogP contribution in [0.5, 0.6) is 0 Å². The van der Waals surface area contributed by atoms with Crippen molar-refractivity contribution < 1.29 is 9.47 Å². The van der Waals surface area contributed by atoms with Crippen molar-refractivity contribution in [1.82, 2.24) is 0 Å². The molecule has 1 fully saturated rings. The molecule has 18 heavy (non-hydrogen) atoms. The van der Waals surface area contributed by atoms with Gasteiger partial charge in [0.25, 0.3) is 0 Å². The summed E-state index contributed by atoms with van der Waals surface area (Å²) in [6, 6.07) is 0. The number of rotatable bonds is 6. The van der Waals surface area contributed by atoms with Gasteiger partial charge in [-0.25, -0.2) is 0 Å². The molecule has 0 bridgehead atoms. The predicted molar refractivity (Wildman–Crippen MR) is 76.2 cm³/mol. The van der Waals surface area contributed by atoms with E-state index in [1.807, 2.05) is 38.5 Å². The highest BCUT2D eigenvalue weighted by molar-refractivity contribution is 4.81. The third-order valence-corrected chi connectivity index (χ3v) is 4.00. The molecule has 1 aliphatic carbocycles. The van der Waals surface area contributed by atoms with Crippen LogP contribution in [0.3, 0.4) is 0 Å². The maximum absolute atomic E-state index is 5.67. The maximum Gasteiger partial charge on any atom is 0.0978 e. The average molecular weight is 252 g/mol. The quantitative estimate of drug-likeness (QED) is 0.639. The topological polar surface area (TPSA) is 18.5 Å². The second-order valence-electron chi connectivity index (χ2n) is 5.30. The summed E-state index contributed by atoms with van der Waals surface area (Å²) >= 11 is 0. The van der Waals surface area contributed by atoms with E-state index in [2.05, 4.69) is 13.8 Å². The fraction of sp³-hybridized carbons (Fsp3) is 0.750. The number of allylic oxidation sites excluding steroid dienone is 2. The first-order valence-electron chi connectivity index (χ1n) is 7.22. The molecular weight excluding hydrogens is 224 g/mol. The van der Waals surface area contributed by atoms with Crippen molar-refractivity contribution in [2.45, 2.75) is 65.6 Å². The Kier molecular flexibility index (Phi) is 6.92. The SMILES string of the molecule is CC=COC(C)C1CCC(C(C)OC=CC)CC1. The molecule has 0 amide bonds. The lowest BCUT2D eigenvalue weighted by Gasteiger charge is -2.34. The van der Waals surface area contributed by atoms with E-state index in [1.54, 1.807) is 0 Å². The molecule has 2 nitrogen and oxygen atoms in total. The number of hydrogen-bond acceptors (Lipinski definition) is 2.